The van der Waals surface area contributed by atoms with Gasteiger partial charge in [-0.1, -0.05) is 68.4 Å². The molecule has 7 heteroatoms. The molecule has 0 aliphatic carbocycles. The fourth-order valence-corrected chi connectivity index (χ4v) is 4.03. The van der Waals surface area contributed by atoms with Crippen molar-refractivity contribution >= 4 is 17.9 Å². The average Bonchev–Trinajstić information content (AvgIpc) is 2.71. The van der Waals surface area contributed by atoms with Gasteiger partial charge >= 0.3 is 6.09 Å². The molecule has 0 spiro atoms. The number of aryl methyl sites for hydroxylation is 2. The minimum atomic E-state index is -0.778. The lowest BCUT2D eigenvalue weighted by molar-refractivity contribution is -0.140. The molecule has 3 amide bonds. The van der Waals surface area contributed by atoms with E-state index in [4.69, 9.17) is 4.74 Å². The second kappa shape index (κ2) is 14.7. The number of carbonyl (C=O) groups is 3. The van der Waals surface area contributed by atoms with Gasteiger partial charge in [0.25, 0.3) is 0 Å². The van der Waals surface area contributed by atoms with E-state index in [0.29, 0.717) is 6.54 Å². The van der Waals surface area contributed by atoms with Crippen LogP contribution in [-0.4, -0.2) is 47.5 Å². The maximum Gasteiger partial charge on any atom is 0.408 e. The number of nitrogens with one attached hydrogen (secondary N) is 2. The van der Waals surface area contributed by atoms with Gasteiger partial charge in [0.05, 0.1) is 0 Å². The molecule has 7 nitrogen and oxygen atoms in total. The summed E-state index contributed by atoms with van der Waals surface area (Å²) in [6.07, 6.45) is 5.75. The average molecular weight is 490 g/mol. The van der Waals surface area contributed by atoms with Crippen LogP contribution >= 0.6 is 0 Å². The third kappa shape index (κ3) is 12.1. The summed E-state index contributed by atoms with van der Waals surface area (Å²) < 4.78 is 5.28. The van der Waals surface area contributed by atoms with Crippen LogP contribution in [0.4, 0.5) is 4.79 Å². The van der Waals surface area contributed by atoms with Crippen molar-refractivity contribution in [3.05, 3.63) is 34.9 Å². The topological polar surface area (TPSA) is 87.7 Å². The Kier molecular flexibility index (Phi) is 12.8. The van der Waals surface area contributed by atoms with Crippen LogP contribution in [0, 0.1) is 13.8 Å². The van der Waals surface area contributed by atoms with E-state index < -0.39 is 17.7 Å². The van der Waals surface area contributed by atoms with Gasteiger partial charge in [-0.3, -0.25) is 9.59 Å². The van der Waals surface area contributed by atoms with Gasteiger partial charge in [-0.15, -0.1) is 0 Å². The predicted octanol–water partition coefficient (Wildman–Crippen LogP) is 5.58. The van der Waals surface area contributed by atoms with Crippen molar-refractivity contribution in [3.8, 4) is 0 Å². The Morgan fingerprint density at radius 3 is 2.06 bits per heavy atom. The Morgan fingerprint density at radius 1 is 0.943 bits per heavy atom. The molecule has 1 aromatic rings. The number of amides is 3. The van der Waals surface area contributed by atoms with Crippen LogP contribution in [0.25, 0.3) is 0 Å². The molecule has 0 radical (unpaired) electrons. The van der Waals surface area contributed by atoms with Crippen molar-refractivity contribution in [2.45, 2.75) is 112 Å². The molecule has 0 aromatic heterocycles. The summed E-state index contributed by atoms with van der Waals surface area (Å²) in [6.45, 7) is 15.5. The third-order valence-corrected chi connectivity index (χ3v) is 5.41. The zero-order valence-corrected chi connectivity index (χ0v) is 23.1. The van der Waals surface area contributed by atoms with Gasteiger partial charge in [-0.25, -0.2) is 4.79 Å². The van der Waals surface area contributed by atoms with Gasteiger partial charge < -0.3 is 20.3 Å². The van der Waals surface area contributed by atoms with Gasteiger partial charge in [0.15, 0.2) is 0 Å². The number of alkyl carbamates (subject to hydrolysis) is 1. The number of ether oxygens (including phenoxy) is 1. The first kappa shape index (κ1) is 30.5. The molecule has 0 fully saturated rings. The number of unbranched alkanes of at least 4 members (excludes halogenated alkanes) is 5. The molecule has 1 aromatic carbocycles. The molecule has 1 atom stereocenters. The van der Waals surface area contributed by atoms with Crippen molar-refractivity contribution < 1.29 is 19.1 Å². The highest BCUT2D eigenvalue weighted by atomic mass is 16.6. The largest absolute Gasteiger partial charge is 0.444 e. The van der Waals surface area contributed by atoms with Gasteiger partial charge in [0, 0.05) is 12.6 Å². The minimum absolute atomic E-state index is 0.0678. The number of nitrogens with zero attached hydrogens (tertiary/aromatic N) is 1. The molecular weight excluding hydrogens is 442 g/mol. The molecule has 0 aliphatic heterocycles. The van der Waals surface area contributed by atoms with E-state index in [1.54, 1.807) is 25.7 Å². The van der Waals surface area contributed by atoms with Crippen LogP contribution in [0.1, 0.15) is 103 Å². The Labute approximate surface area is 212 Å². The molecule has 0 bridgehead atoms. The van der Waals surface area contributed by atoms with Gasteiger partial charge in [-0.05, 0) is 60.5 Å². The second-order valence-corrected chi connectivity index (χ2v) is 10.7. The summed E-state index contributed by atoms with van der Waals surface area (Å²) in [6, 6.07) is 5.12. The SMILES string of the molecule is CCCCCCCCN(C(=O)CNC(=O)OC(C)(C)C)C(C(=O)NC(C)C)c1cc(C)cc(C)c1. The summed E-state index contributed by atoms with van der Waals surface area (Å²) in [5, 5.41) is 5.55. The van der Waals surface area contributed by atoms with Gasteiger partial charge in [0.2, 0.25) is 11.8 Å². The first-order valence-corrected chi connectivity index (χ1v) is 13.0. The molecule has 0 heterocycles. The normalized spacial score (nSPS) is 12.3. The minimum Gasteiger partial charge on any atom is -0.444 e. The van der Waals surface area contributed by atoms with Crippen LogP contribution in [0.2, 0.25) is 0 Å². The van der Waals surface area contributed by atoms with Crippen LogP contribution in [0.3, 0.4) is 0 Å². The summed E-state index contributed by atoms with van der Waals surface area (Å²) in [5.74, 6) is -0.533. The highest BCUT2D eigenvalue weighted by Gasteiger charge is 2.32. The van der Waals surface area contributed by atoms with E-state index in [1.165, 1.54) is 19.3 Å². The summed E-state index contributed by atoms with van der Waals surface area (Å²) >= 11 is 0. The summed E-state index contributed by atoms with van der Waals surface area (Å²) in [5.41, 5.74) is 2.17. The predicted molar refractivity (Wildman–Crippen MR) is 141 cm³/mol. The molecule has 0 aliphatic rings. The smallest absolute Gasteiger partial charge is 0.408 e. The van der Waals surface area contributed by atoms with Crippen LogP contribution in [0.5, 0.6) is 0 Å². The van der Waals surface area contributed by atoms with Crippen molar-refractivity contribution in [1.29, 1.82) is 0 Å². The lowest BCUT2D eigenvalue weighted by Crippen LogP contribution is -2.49. The first-order chi connectivity index (χ1) is 16.3. The van der Waals surface area contributed by atoms with E-state index >= 15 is 0 Å². The molecule has 198 valence electrons. The van der Waals surface area contributed by atoms with Gasteiger partial charge in [-0.2, -0.15) is 0 Å². The molecule has 0 saturated heterocycles. The Hall–Kier alpha value is -2.57. The number of hydrogen-bond acceptors (Lipinski definition) is 4. The third-order valence-electron chi connectivity index (χ3n) is 5.41. The van der Waals surface area contributed by atoms with Crippen LogP contribution in [-0.2, 0) is 14.3 Å². The van der Waals surface area contributed by atoms with Crippen molar-refractivity contribution in [2.24, 2.45) is 0 Å². The van der Waals surface area contributed by atoms with E-state index in [0.717, 1.165) is 36.0 Å². The van der Waals surface area contributed by atoms with E-state index in [9.17, 15) is 14.4 Å². The highest BCUT2D eigenvalue weighted by molar-refractivity contribution is 5.90. The fraction of sp³-hybridized carbons (Fsp3) is 0.679. The lowest BCUT2D eigenvalue weighted by atomic mass is 9.98. The summed E-state index contributed by atoms with van der Waals surface area (Å²) in [7, 11) is 0. The standard InChI is InChI=1S/C28H47N3O4/c1-9-10-11-12-13-14-15-31(24(32)19-29-27(34)35-28(6,7)8)25(26(33)30-20(2)3)23-17-21(4)16-22(5)18-23/h16-18,20,25H,9-15,19H2,1-8H3,(H,29,34)(H,30,33). The quantitative estimate of drug-likeness (QED) is 0.354. The monoisotopic (exact) mass is 489 g/mol. The maximum atomic E-state index is 13.4. The van der Waals surface area contributed by atoms with Crippen molar-refractivity contribution in [2.75, 3.05) is 13.1 Å². The van der Waals surface area contributed by atoms with Crippen molar-refractivity contribution in [1.82, 2.24) is 15.5 Å². The second-order valence-electron chi connectivity index (χ2n) is 10.7. The summed E-state index contributed by atoms with van der Waals surface area (Å²) in [4.78, 5) is 40.6. The van der Waals surface area contributed by atoms with Crippen LogP contribution < -0.4 is 10.6 Å². The molecule has 1 rings (SSSR count). The zero-order chi connectivity index (χ0) is 26.6. The Bertz CT molecular complexity index is 810. The van der Waals surface area contributed by atoms with E-state index in [-0.39, 0.29) is 24.4 Å². The number of carbonyl (C=O) groups excluding carboxylic acids is 3. The molecule has 2 N–H and O–H groups in total. The first-order valence-electron chi connectivity index (χ1n) is 13.0. The number of benzene rings is 1. The molecular formula is C28H47N3O4. The maximum absolute atomic E-state index is 13.4. The molecule has 0 saturated carbocycles. The lowest BCUT2D eigenvalue weighted by Gasteiger charge is -2.32. The zero-order valence-electron chi connectivity index (χ0n) is 23.1. The van der Waals surface area contributed by atoms with E-state index in [2.05, 4.69) is 17.6 Å². The van der Waals surface area contributed by atoms with Crippen LogP contribution in [0.15, 0.2) is 18.2 Å². The Balaban J connectivity index is 3.19. The molecule has 35 heavy (non-hydrogen) atoms. The fourth-order valence-electron chi connectivity index (χ4n) is 4.03. The Morgan fingerprint density at radius 2 is 1.51 bits per heavy atom. The number of rotatable bonds is 13. The van der Waals surface area contributed by atoms with E-state index in [1.807, 2.05) is 45.9 Å². The molecule has 1 unspecified atom stereocenters. The van der Waals surface area contributed by atoms with Gasteiger partial charge in [0.1, 0.15) is 18.2 Å². The number of hydrogen-bond donors (Lipinski definition) is 2. The van der Waals surface area contributed by atoms with Crippen molar-refractivity contribution in [3.63, 3.8) is 0 Å². The highest BCUT2D eigenvalue weighted by Crippen LogP contribution is 2.25.